The van der Waals surface area contributed by atoms with Gasteiger partial charge in [-0.15, -0.1) is 0 Å². The third-order valence-electron chi connectivity index (χ3n) is 3.13. The minimum Gasteiger partial charge on any atom is -0.507 e. The molecule has 2 aromatic rings. The van der Waals surface area contributed by atoms with Crippen LogP contribution in [0.25, 0.3) is 0 Å². The summed E-state index contributed by atoms with van der Waals surface area (Å²) in [5, 5.41) is 16.7. The fourth-order valence-electron chi connectivity index (χ4n) is 1.94. The van der Waals surface area contributed by atoms with Crippen molar-refractivity contribution in [1.82, 2.24) is 5.43 Å². The molecule has 0 aromatic heterocycles. The number of nitrogens with zero attached hydrogens (tertiary/aromatic N) is 1. The highest BCUT2D eigenvalue weighted by Crippen LogP contribution is 2.19. The van der Waals surface area contributed by atoms with Crippen LogP contribution < -0.4 is 10.7 Å². The van der Waals surface area contributed by atoms with Crippen molar-refractivity contribution in [1.29, 1.82) is 0 Å². The van der Waals surface area contributed by atoms with Gasteiger partial charge in [-0.1, -0.05) is 24.3 Å². The summed E-state index contributed by atoms with van der Waals surface area (Å²) in [6.07, 6.45) is 1.42. The fourth-order valence-corrected chi connectivity index (χ4v) is 1.94. The van der Waals surface area contributed by atoms with Crippen LogP contribution in [0, 0.1) is 13.8 Å². The molecule has 0 bridgehead atoms. The smallest absolute Gasteiger partial charge is 0.259 e. The Bertz CT molecular complexity index is 696. The number of rotatable bonds is 5. The van der Waals surface area contributed by atoms with Crippen LogP contribution in [0.4, 0.5) is 5.69 Å². The molecule has 0 aliphatic heterocycles. The molecule has 5 nitrogen and oxygen atoms in total. The van der Waals surface area contributed by atoms with Crippen molar-refractivity contribution in [3.8, 4) is 5.75 Å². The lowest BCUT2D eigenvalue weighted by atomic mass is 10.1. The number of amides is 1. The summed E-state index contributed by atoms with van der Waals surface area (Å²) in [7, 11) is 0. The molecule has 5 heteroatoms. The average molecular weight is 297 g/mol. The van der Waals surface area contributed by atoms with Crippen LogP contribution >= 0.6 is 0 Å². The molecule has 0 saturated heterocycles. The van der Waals surface area contributed by atoms with Crippen molar-refractivity contribution in [3.63, 3.8) is 0 Å². The maximum atomic E-state index is 11.7. The maximum absolute atomic E-state index is 11.7. The molecule has 0 saturated carbocycles. The van der Waals surface area contributed by atoms with Gasteiger partial charge in [0.15, 0.2) is 0 Å². The van der Waals surface area contributed by atoms with E-state index in [1.807, 2.05) is 37.3 Å². The van der Waals surface area contributed by atoms with Gasteiger partial charge in [0.25, 0.3) is 5.91 Å². The molecule has 0 aliphatic rings. The predicted molar refractivity (Wildman–Crippen MR) is 88.2 cm³/mol. The van der Waals surface area contributed by atoms with Gasteiger partial charge in [0.2, 0.25) is 0 Å². The molecular weight excluding hydrogens is 278 g/mol. The van der Waals surface area contributed by atoms with Crippen LogP contribution in [0.15, 0.2) is 47.6 Å². The Labute approximate surface area is 129 Å². The van der Waals surface area contributed by atoms with Crippen LogP contribution in [-0.4, -0.2) is 23.8 Å². The Morgan fingerprint density at radius 3 is 2.77 bits per heavy atom. The number of para-hydroxylation sites is 1. The molecule has 22 heavy (non-hydrogen) atoms. The lowest BCUT2D eigenvalue weighted by Gasteiger charge is -2.06. The summed E-state index contributed by atoms with van der Waals surface area (Å²) in [4.78, 5) is 11.7. The van der Waals surface area contributed by atoms with Gasteiger partial charge < -0.3 is 10.4 Å². The Kier molecular flexibility index (Phi) is 5.14. The Morgan fingerprint density at radius 1 is 1.23 bits per heavy atom. The van der Waals surface area contributed by atoms with E-state index in [1.165, 1.54) is 6.21 Å². The highest BCUT2D eigenvalue weighted by Gasteiger charge is 2.02. The second-order valence-electron chi connectivity index (χ2n) is 5.03. The van der Waals surface area contributed by atoms with E-state index in [2.05, 4.69) is 15.8 Å². The van der Waals surface area contributed by atoms with Gasteiger partial charge in [0.05, 0.1) is 12.8 Å². The molecule has 0 radical (unpaired) electrons. The second-order valence-corrected chi connectivity index (χ2v) is 5.03. The summed E-state index contributed by atoms with van der Waals surface area (Å²) in [5.74, 6) is -0.0942. The molecule has 0 atom stereocenters. The van der Waals surface area contributed by atoms with Crippen molar-refractivity contribution >= 4 is 17.8 Å². The zero-order valence-corrected chi connectivity index (χ0v) is 12.6. The van der Waals surface area contributed by atoms with Gasteiger partial charge in [-0.05, 0) is 43.2 Å². The standard InChI is InChI=1S/C17H19N3O2/c1-12-5-3-8-15(9-12)18-11-16(21)20-19-10-14-7-4-6-13(2)17(14)22/h3-10,18,22H,11H2,1-2H3,(H,20,21)/b19-10-. The topological polar surface area (TPSA) is 73.7 Å². The van der Waals surface area contributed by atoms with Crippen molar-refractivity contribution in [2.24, 2.45) is 5.10 Å². The van der Waals surface area contributed by atoms with Crippen molar-refractivity contribution in [2.45, 2.75) is 13.8 Å². The molecule has 3 N–H and O–H groups in total. The monoisotopic (exact) mass is 297 g/mol. The van der Waals surface area contributed by atoms with Crippen LogP contribution in [-0.2, 0) is 4.79 Å². The van der Waals surface area contributed by atoms with E-state index in [1.54, 1.807) is 19.1 Å². The average Bonchev–Trinajstić information content (AvgIpc) is 2.49. The number of carbonyl (C=O) groups is 1. The number of hydrogen-bond acceptors (Lipinski definition) is 4. The minimum absolute atomic E-state index is 0.126. The summed E-state index contributed by atoms with van der Waals surface area (Å²) in [5.41, 5.74) is 5.75. The van der Waals surface area contributed by atoms with Gasteiger partial charge >= 0.3 is 0 Å². The first-order valence-electron chi connectivity index (χ1n) is 6.97. The van der Waals surface area contributed by atoms with Crippen molar-refractivity contribution in [3.05, 3.63) is 59.2 Å². The number of phenols is 1. The zero-order valence-electron chi connectivity index (χ0n) is 12.6. The number of hydrazone groups is 1. The van der Waals surface area contributed by atoms with Crippen molar-refractivity contribution in [2.75, 3.05) is 11.9 Å². The summed E-state index contributed by atoms with van der Waals surface area (Å²) >= 11 is 0. The van der Waals surface area contributed by atoms with E-state index in [4.69, 9.17) is 0 Å². The fraction of sp³-hybridized carbons (Fsp3) is 0.176. The van der Waals surface area contributed by atoms with Crippen molar-refractivity contribution < 1.29 is 9.90 Å². The summed E-state index contributed by atoms with van der Waals surface area (Å²) in [6, 6.07) is 13.1. The SMILES string of the molecule is Cc1cccc(NCC(=O)N/N=C\c2cccc(C)c2O)c1. The quantitative estimate of drug-likeness (QED) is 0.586. The number of carbonyl (C=O) groups excluding carboxylic acids is 1. The molecule has 0 aliphatic carbocycles. The first-order chi connectivity index (χ1) is 10.6. The van der Waals surface area contributed by atoms with E-state index in [0.29, 0.717) is 5.56 Å². The Morgan fingerprint density at radius 2 is 2.00 bits per heavy atom. The number of aromatic hydroxyl groups is 1. The largest absolute Gasteiger partial charge is 0.507 e. The lowest BCUT2D eigenvalue weighted by molar-refractivity contribution is -0.119. The molecule has 0 heterocycles. The van der Waals surface area contributed by atoms with E-state index < -0.39 is 0 Å². The molecule has 2 aromatic carbocycles. The van der Waals surface area contributed by atoms with Crippen LogP contribution in [0.3, 0.4) is 0 Å². The van der Waals surface area contributed by atoms with Gasteiger partial charge in [0.1, 0.15) is 5.75 Å². The van der Waals surface area contributed by atoms with E-state index in [9.17, 15) is 9.90 Å². The summed E-state index contributed by atoms with van der Waals surface area (Å²) < 4.78 is 0. The molecule has 2 rings (SSSR count). The number of hydrogen-bond donors (Lipinski definition) is 3. The van der Waals surface area contributed by atoms with Gasteiger partial charge in [-0.3, -0.25) is 4.79 Å². The minimum atomic E-state index is -0.259. The van der Waals surface area contributed by atoms with E-state index >= 15 is 0 Å². The van der Waals surface area contributed by atoms with E-state index in [0.717, 1.165) is 16.8 Å². The van der Waals surface area contributed by atoms with Gasteiger partial charge in [0, 0.05) is 11.3 Å². The first kappa shape index (κ1) is 15.6. The Balaban J connectivity index is 1.85. The van der Waals surface area contributed by atoms with Crippen LogP contribution in [0.1, 0.15) is 16.7 Å². The highest BCUT2D eigenvalue weighted by molar-refractivity contribution is 5.86. The van der Waals surface area contributed by atoms with Gasteiger partial charge in [-0.25, -0.2) is 5.43 Å². The molecule has 114 valence electrons. The zero-order chi connectivity index (χ0) is 15.9. The molecule has 0 unspecified atom stereocenters. The molecule has 0 fully saturated rings. The van der Waals surface area contributed by atoms with Gasteiger partial charge in [-0.2, -0.15) is 5.10 Å². The number of aryl methyl sites for hydroxylation is 2. The maximum Gasteiger partial charge on any atom is 0.259 e. The third-order valence-corrected chi connectivity index (χ3v) is 3.13. The molecular formula is C17H19N3O2. The third kappa shape index (κ3) is 4.34. The number of anilines is 1. The van der Waals surface area contributed by atoms with Crippen LogP contribution in [0.5, 0.6) is 5.75 Å². The molecule has 1 amide bonds. The lowest BCUT2D eigenvalue weighted by Crippen LogP contribution is -2.25. The van der Waals surface area contributed by atoms with E-state index in [-0.39, 0.29) is 18.2 Å². The van der Waals surface area contributed by atoms with Crippen LogP contribution in [0.2, 0.25) is 0 Å². The number of nitrogens with one attached hydrogen (secondary N) is 2. The highest BCUT2D eigenvalue weighted by atomic mass is 16.3. The predicted octanol–water partition coefficient (Wildman–Crippen LogP) is 2.57. The normalized spacial score (nSPS) is 10.6. The second kappa shape index (κ2) is 7.26. The first-order valence-corrected chi connectivity index (χ1v) is 6.97. The summed E-state index contributed by atoms with van der Waals surface area (Å²) in [6.45, 7) is 3.92. The Hall–Kier alpha value is -2.82. The number of phenolic OH excluding ortho intramolecular Hbond substituents is 1. The number of benzene rings is 2. The molecule has 0 spiro atoms.